The van der Waals surface area contributed by atoms with E-state index in [1.165, 1.54) is 0 Å². The number of methoxy groups -OCH3 is 1. The second-order valence-corrected chi connectivity index (χ2v) is 8.81. The quantitative estimate of drug-likeness (QED) is 0.699. The van der Waals surface area contributed by atoms with Gasteiger partial charge in [-0.25, -0.2) is 4.68 Å². The van der Waals surface area contributed by atoms with Crippen molar-refractivity contribution in [2.75, 3.05) is 25.9 Å². The number of anilines is 1. The molecule has 1 saturated carbocycles. The van der Waals surface area contributed by atoms with Gasteiger partial charge in [-0.15, -0.1) is 0 Å². The van der Waals surface area contributed by atoms with Gasteiger partial charge in [0.15, 0.2) is 0 Å². The highest BCUT2D eigenvalue weighted by atomic mass is 16.5. The lowest BCUT2D eigenvalue weighted by atomic mass is 9.61. The minimum atomic E-state index is -0.591. The van der Waals surface area contributed by atoms with Gasteiger partial charge in [0.1, 0.15) is 17.1 Å². The molecular formula is C24H29N5O3. The summed E-state index contributed by atoms with van der Waals surface area (Å²) in [6.07, 6.45) is 3.73. The predicted molar refractivity (Wildman–Crippen MR) is 121 cm³/mol. The molecule has 4 N–H and O–H groups in total. The third kappa shape index (κ3) is 3.96. The number of amides is 2. The molecule has 2 heterocycles. The number of primary amides is 1. The molecule has 0 unspecified atom stereocenters. The number of carbonyl (C=O) groups excluding carboxylic acids is 2. The summed E-state index contributed by atoms with van der Waals surface area (Å²) in [5.74, 6) is 4.94. The third-order valence-corrected chi connectivity index (χ3v) is 6.60. The fourth-order valence-electron chi connectivity index (χ4n) is 5.11. The number of ether oxygens (including phenoxy) is 1. The summed E-state index contributed by atoms with van der Waals surface area (Å²) >= 11 is 0. The molecule has 1 aromatic carbocycles. The van der Waals surface area contributed by atoms with E-state index in [0.29, 0.717) is 24.7 Å². The van der Waals surface area contributed by atoms with Crippen molar-refractivity contribution in [3.8, 4) is 23.1 Å². The van der Waals surface area contributed by atoms with Gasteiger partial charge < -0.3 is 21.1 Å². The minimum Gasteiger partial charge on any atom is -0.383 e. The van der Waals surface area contributed by atoms with E-state index in [1.54, 1.807) is 18.7 Å². The van der Waals surface area contributed by atoms with Crippen LogP contribution in [0, 0.1) is 17.3 Å². The smallest absolute Gasteiger partial charge is 0.298 e. The van der Waals surface area contributed by atoms with Crippen LogP contribution >= 0.6 is 0 Å². The number of nitrogens with two attached hydrogens (primary N) is 2. The van der Waals surface area contributed by atoms with E-state index in [9.17, 15) is 9.59 Å². The summed E-state index contributed by atoms with van der Waals surface area (Å²) in [6.45, 7) is 3.64. The molecule has 0 atom stereocenters. The first-order valence-corrected chi connectivity index (χ1v) is 10.8. The number of carbonyl (C=O) groups is 2. The third-order valence-electron chi connectivity index (χ3n) is 6.60. The van der Waals surface area contributed by atoms with Crippen LogP contribution in [0.25, 0.3) is 11.3 Å². The lowest BCUT2D eigenvalue weighted by molar-refractivity contribution is -0.131. The van der Waals surface area contributed by atoms with Gasteiger partial charge in [0, 0.05) is 25.8 Å². The van der Waals surface area contributed by atoms with E-state index in [4.69, 9.17) is 21.3 Å². The van der Waals surface area contributed by atoms with Crippen LogP contribution in [0.15, 0.2) is 24.3 Å². The number of piperidine rings is 1. The second-order valence-electron chi connectivity index (χ2n) is 8.81. The van der Waals surface area contributed by atoms with Gasteiger partial charge in [0.25, 0.3) is 11.8 Å². The van der Waals surface area contributed by atoms with Crippen LogP contribution in [-0.4, -0.2) is 46.7 Å². The molecule has 1 aromatic heterocycles. The van der Waals surface area contributed by atoms with E-state index in [-0.39, 0.29) is 22.9 Å². The highest BCUT2D eigenvalue weighted by Crippen LogP contribution is 2.54. The van der Waals surface area contributed by atoms with Gasteiger partial charge in [0.05, 0.1) is 12.6 Å². The molecule has 2 amide bonds. The summed E-state index contributed by atoms with van der Waals surface area (Å²) in [6, 6.07) is 7.73. The lowest BCUT2D eigenvalue weighted by Gasteiger charge is -2.52. The molecular weight excluding hydrogens is 406 g/mol. The average Bonchev–Trinajstić information content (AvgIpc) is 3.10. The van der Waals surface area contributed by atoms with Crippen molar-refractivity contribution in [1.29, 1.82) is 0 Å². The number of hydrogen-bond donors (Lipinski definition) is 2. The van der Waals surface area contributed by atoms with E-state index < -0.39 is 5.91 Å². The summed E-state index contributed by atoms with van der Waals surface area (Å²) in [7, 11) is 1.64. The van der Waals surface area contributed by atoms with Gasteiger partial charge in [-0.05, 0) is 49.5 Å². The van der Waals surface area contributed by atoms with Crippen molar-refractivity contribution in [2.45, 2.75) is 45.3 Å². The van der Waals surface area contributed by atoms with Crippen LogP contribution in [0.1, 0.15) is 54.6 Å². The van der Waals surface area contributed by atoms with Crippen LogP contribution < -0.4 is 11.5 Å². The lowest BCUT2D eigenvalue weighted by Crippen LogP contribution is -2.52. The number of likely N-dealkylation sites (tertiary alicyclic amines) is 1. The van der Waals surface area contributed by atoms with Crippen LogP contribution in [0.2, 0.25) is 0 Å². The molecule has 2 fully saturated rings. The zero-order valence-electron chi connectivity index (χ0n) is 18.6. The van der Waals surface area contributed by atoms with Gasteiger partial charge in [-0.1, -0.05) is 30.2 Å². The molecule has 1 aliphatic heterocycles. The Kier molecular flexibility index (Phi) is 5.94. The van der Waals surface area contributed by atoms with Crippen molar-refractivity contribution in [2.24, 2.45) is 11.1 Å². The Bertz CT molecular complexity index is 1090. The maximum atomic E-state index is 12.2. The fourth-order valence-corrected chi connectivity index (χ4v) is 5.11. The Hall–Kier alpha value is -3.31. The van der Waals surface area contributed by atoms with Crippen LogP contribution in [0.5, 0.6) is 0 Å². The standard InChI is InChI=1S/C24H29N5O3/c1-3-5-19(30)28-11-4-10-24(15-28)12-18(13-24)29-22(25)20(23(26)31)21(27-29)17-8-6-16(7-9-17)14-32-2/h6-9,18H,4,10-15,25H2,1-2H3,(H2,26,31). The highest BCUT2D eigenvalue weighted by Gasteiger charge is 2.49. The topological polar surface area (TPSA) is 116 Å². The zero-order valence-corrected chi connectivity index (χ0v) is 18.6. The monoisotopic (exact) mass is 435 g/mol. The Morgan fingerprint density at radius 2 is 2.00 bits per heavy atom. The number of nitrogens with zero attached hydrogens (tertiary/aromatic N) is 3. The Labute approximate surface area is 187 Å². The molecule has 0 bridgehead atoms. The highest BCUT2D eigenvalue weighted by molar-refractivity contribution is 6.03. The molecule has 2 aromatic rings. The maximum absolute atomic E-state index is 12.2. The largest absolute Gasteiger partial charge is 0.383 e. The molecule has 4 rings (SSSR count). The van der Waals surface area contributed by atoms with Gasteiger partial charge in [0.2, 0.25) is 0 Å². The van der Waals surface area contributed by atoms with E-state index in [1.807, 2.05) is 29.2 Å². The molecule has 8 heteroatoms. The Morgan fingerprint density at radius 1 is 1.28 bits per heavy atom. The maximum Gasteiger partial charge on any atom is 0.298 e. The predicted octanol–water partition coefficient (Wildman–Crippen LogP) is 2.34. The number of nitrogen functional groups attached to an aromatic ring is 1. The average molecular weight is 436 g/mol. The molecule has 168 valence electrons. The number of hydrogen-bond acceptors (Lipinski definition) is 5. The van der Waals surface area contributed by atoms with E-state index in [2.05, 4.69) is 11.8 Å². The van der Waals surface area contributed by atoms with Crippen molar-refractivity contribution >= 4 is 17.6 Å². The van der Waals surface area contributed by atoms with Crippen molar-refractivity contribution in [1.82, 2.24) is 14.7 Å². The number of rotatable bonds is 5. The first kappa shape index (κ1) is 21.9. The normalized spacial score (nSPS) is 22.2. The zero-order chi connectivity index (χ0) is 22.9. The number of aromatic nitrogens is 2. The molecule has 8 nitrogen and oxygen atoms in total. The van der Waals surface area contributed by atoms with Gasteiger partial charge in [-0.2, -0.15) is 5.10 Å². The van der Waals surface area contributed by atoms with Gasteiger partial charge in [-0.3, -0.25) is 9.59 Å². The summed E-state index contributed by atoms with van der Waals surface area (Å²) in [5, 5.41) is 4.72. The van der Waals surface area contributed by atoms with Crippen LogP contribution in [0.3, 0.4) is 0 Å². The molecule has 2 aliphatic rings. The Morgan fingerprint density at radius 3 is 2.62 bits per heavy atom. The fraction of sp³-hybridized carbons (Fsp3) is 0.458. The van der Waals surface area contributed by atoms with Crippen LogP contribution in [-0.2, 0) is 16.1 Å². The summed E-state index contributed by atoms with van der Waals surface area (Å²) in [4.78, 5) is 26.3. The minimum absolute atomic E-state index is 0.0568. The van der Waals surface area contributed by atoms with Crippen molar-refractivity contribution in [3.05, 3.63) is 35.4 Å². The second kappa shape index (κ2) is 8.67. The molecule has 1 spiro atoms. The summed E-state index contributed by atoms with van der Waals surface area (Å²) in [5.41, 5.74) is 14.6. The molecule has 32 heavy (non-hydrogen) atoms. The van der Waals surface area contributed by atoms with Crippen molar-refractivity contribution in [3.63, 3.8) is 0 Å². The van der Waals surface area contributed by atoms with E-state index in [0.717, 1.165) is 43.4 Å². The van der Waals surface area contributed by atoms with Gasteiger partial charge >= 0.3 is 0 Å². The first-order valence-electron chi connectivity index (χ1n) is 10.8. The number of benzene rings is 1. The molecule has 1 saturated heterocycles. The van der Waals surface area contributed by atoms with E-state index >= 15 is 0 Å². The summed E-state index contributed by atoms with van der Waals surface area (Å²) < 4.78 is 6.90. The van der Waals surface area contributed by atoms with Crippen molar-refractivity contribution < 1.29 is 14.3 Å². The van der Waals surface area contributed by atoms with Crippen LogP contribution in [0.4, 0.5) is 5.82 Å². The molecule has 1 aliphatic carbocycles. The first-order chi connectivity index (χ1) is 15.4. The Balaban J connectivity index is 1.56. The molecule has 0 radical (unpaired) electrons. The SMILES string of the molecule is CC#CC(=O)N1CCCC2(CC(n3nc(-c4ccc(COC)cc4)c(C(N)=O)c3N)C2)C1.